The van der Waals surface area contributed by atoms with E-state index in [1.54, 1.807) is 18.2 Å². The highest BCUT2D eigenvalue weighted by atomic mass is 35.5. The van der Waals surface area contributed by atoms with Gasteiger partial charge in [0.15, 0.2) is 0 Å². The minimum atomic E-state index is -0.701. The van der Waals surface area contributed by atoms with Crippen molar-refractivity contribution in [1.82, 2.24) is 5.32 Å². The number of halogens is 1. The van der Waals surface area contributed by atoms with Crippen LogP contribution >= 0.6 is 22.9 Å². The van der Waals surface area contributed by atoms with Crippen LogP contribution in [-0.4, -0.2) is 17.9 Å². The van der Waals surface area contributed by atoms with E-state index in [1.807, 2.05) is 39.0 Å². The first-order chi connectivity index (χ1) is 11.4. The van der Waals surface area contributed by atoms with Crippen LogP contribution in [0.15, 0.2) is 36.4 Å². The van der Waals surface area contributed by atoms with E-state index < -0.39 is 12.0 Å². The van der Waals surface area contributed by atoms with Gasteiger partial charge in [-0.3, -0.25) is 4.79 Å². The van der Waals surface area contributed by atoms with Crippen molar-refractivity contribution in [2.24, 2.45) is 5.92 Å². The lowest BCUT2D eigenvalue weighted by Gasteiger charge is -2.20. The molecule has 1 N–H and O–H groups in total. The molecule has 128 valence electrons. The Kier molecular flexibility index (Phi) is 6.40. The van der Waals surface area contributed by atoms with Gasteiger partial charge in [-0.1, -0.05) is 43.1 Å². The lowest BCUT2D eigenvalue weighted by Crippen LogP contribution is -2.45. The van der Waals surface area contributed by atoms with Crippen molar-refractivity contribution in [3.05, 3.63) is 56.7 Å². The Bertz CT molecular complexity index is 727. The van der Waals surface area contributed by atoms with Crippen LogP contribution in [-0.2, 0) is 16.1 Å². The summed E-state index contributed by atoms with van der Waals surface area (Å²) < 4.78 is 5.97. The third-order valence-electron chi connectivity index (χ3n) is 3.47. The standard InChI is InChI=1S/C18H20ClNO3S/c1-11(2)16(18(22)23-10-14-7-8-15(19)24-14)20-17(21)13-6-4-5-12(3)9-13/h4-9,11,16H,10H2,1-3H3,(H,20,21)/t16-/m0/s1. The number of benzene rings is 1. The number of hydrogen-bond donors (Lipinski definition) is 1. The predicted molar refractivity (Wildman–Crippen MR) is 96.4 cm³/mol. The van der Waals surface area contributed by atoms with Gasteiger partial charge in [-0.2, -0.15) is 0 Å². The fourth-order valence-corrected chi connectivity index (χ4v) is 3.17. The summed E-state index contributed by atoms with van der Waals surface area (Å²) >= 11 is 7.22. The van der Waals surface area contributed by atoms with E-state index in [9.17, 15) is 9.59 Å². The zero-order valence-electron chi connectivity index (χ0n) is 13.8. The van der Waals surface area contributed by atoms with Crippen LogP contribution in [0.5, 0.6) is 0 Å². The van der Waals surface area contributed by atoms with Crippen LogP contribution in [0.4, 0.5) is 0 Å². The van der Waals surface area contributed by atoms with E-state index in [1.165, 1.54) is 11.3 Å². The van der Waals surface area contributed by atoms with Gasteiger partial charge < -0.3 is 10.1 Å². The number of ether oxygens (including phenoxy) is 1. The number of amides is 1. The van der Waals surface area contributed by atoms with E-state index in [2.05, 4.69) is 5.32 Å². The summed E-state index contributed by atoms with van der Waals surface area (Å²) in [6.07, 6.45) is 0. The molecule has 0 aliphatic heterocycles. The molecule has 0 saturated heterocycles. The number of esters is 1. The van der Waals surface area contributed by atoms with Crippen molar-refractivity contribution in [2.45, 2.75) is 33.4 Å². The highest BCUT2D eigenvalue weighted by Gasteiger charge is 2.26. The minimum absolute atomic E-state index is 0.0850. The Morgan fingerprint density at radius 3 is 2.58 bits per heavy atom. The topological polar surface area (TPSA) is 55.4 Å². The highest BCUT2D eigenvalue weighted by molar-refractivity contribution is 7.16. The maximum atomic E-state index is 12.4. The maximum absolute atomic E-state index is 12.4. The molecule has 1 aromatic carbocycles. The summed E-state index contributed by atoms with van der Waals surface area (Å²) in [7, 11) is 0. The Morgan fingerprint density at radius 2 is 2.00 bits per heavy atom. The van der Waals surface area contributed by atoms with Crippen molar-refractivity contribution >= 4 is 34.8 Å². The smallest absolute Gasteiger partial charge is 0.329 e. The largest absolute Gasteiger partial charge is 0.458 e. The zero-order chi connectivity index (χ0) is 17.7. The number of rotatable bonds is 6. The van der Waals surface area contributed by atoms with Crippen LogP contribution in [0, 0.1) is 12.8 Å². The Hall–Kier alpha value is -1.85. The molecule has 1 aromatic heterocycles. The monoisotopic (exact) mass is 365 g/mol. The van der Waals surface area contributed by atoms with Gasteiger partial charge in [0.25, 0.3) is 5.91 Å². The number of carbonyl (C=O) groups is 2. The molecule has 0 unspecified atom stereocenters. The minimum Gasteiger partial charge on any atom is -0.458 e. The van der Waals surface area contributed by atoms with Crippen LogP contribution in [0.3, 0.4) is 0 Å². The fraction of sp³-hybridized carbons (Fsp3) is 0.333. The average molecular weight is 366 g/mol. The summed E-state index contributed by atoms with van der Waals surface area (Å²) in [4.78, 5) is 25.6. The van der Waals surface area contributed by atoms with Gasteiger partial charge in [-0.25, -0.2) is 4.79 Å². The molecule has 0 bridgehead atoms. The third kappa shape index (κ3) is 5.08. The van der Waals surface area contributed by atoms with Gasteiger partial charge in [0.05, 0.1) is 4.34 Å². The number of hydrogen-bond acceptors (Lipinski definition) is 4. The molecule has 0 saturated carbocycles. The molecular formula is C18H20ClNO3S. The van der Waals surface area contributed by atoms with Crippen LogP contribution in [0.1, 0.15) is 34.6 Å². The lowest BCUT2D eigenvalue weighted by atomic mass is 10.0. The Morgan fingerprint density at radius 1 is 1.25 bits per heavy atom. The lowest BCUT2D eigenvalue weighted by molar-refractivity contribution is -0.148. The number of aryl methyl sites for hydroxylation is 1. The summed E-state index contributed by atoms with van der Waals surface area (Å²) in [6, 6.07) is 10.1. The van der Waals surface area contributed by atoms with Gasteiger partial charge in [-0.15, -0.1) is 11.3 Å². The van der Waals surface area contributed by atoms with Gasteiger partial charge in [-0.05, 0) is 37.1 Å². The van der Waals surface area contributed by atoms with E-state index in [0.717, 1.165) is 10.4 Å². The molecule has 24 heavy (non-hydrogen) atoms. The van der Waals surface area contributed by atoms with Crippen molar-refractivity contribution in [1.29, 1.82) is 0 Å². The molecule has 0 spiro atoms. The van der Waals surface area contributed by atoms with Gasteiger partial charge in [0.2, 0.25) is 0 Å². The molecule has 0 aliphatic rings. The Balaban J connectivity index is 2.00. The molecule has 4 nitrogen and oxygen atoms in total. The molecule has 6 heteroatoms. The second kappa shape index (κ2) is 8.31. The molecule has 1 amide bonds. The summed E-state index contributed by atoms with van der Waals surface area (Å²) in [5.74, 6) is -0.817. The third-order valence-corrected chi connectivity index (χ3v) is 4.68. The van der Waals surface area contributed by atoms with Gasteiger partial charge >= 0.3 is 5.97 Å². The highest BCUT2D eigenvalue weighted by Crippen LogP contribution is 2.22. The summed E-state index contributed by atoms with van der Waals surface area (Å²) in [5, 5.41) is 2.77. The summed E-state index contributed by atoms with van der Waals surface area (Å²) in [5.41, 5.74) is 1.51. The van der Waals surface area contributed by atoms with Crippen molar-refractivity contribution in [3.8, 4) is 0 Å². The van der Waals surface area contributed by atoms with Crippen molar-refractivity contribution in [3.63, 3.8) is 0 Å². The van der Waals surface area contributed by atoms with Crippen LogP contribution in [0.2, 0.25) is 4.34 Å². The molecule has 1 heterocycles. The normalized spacial score (nSPS) is 12.0. The van der Waals surface area contributed by atoms with Crippen molar-refractivity contribution < 1.29 is 14.3 Å². The second-order valence-corrected chi connectivity index (χ2v) is 7.68. The molecule has 1 atom stereocenters. The fourth-order valence-electron chi connectivity index (χ4n) is 2.17. The van der Waals surface area contributed by atoms with Gasteiger partial charge in [0, 0.05) is 10.4 Å². The molecule has 0 fully saturated rings. The maximum Gasteiger partial charge on any atom is 0.329 e. The molecular weight excluding hydrogens is 346 g/mol. The van der Waals surface area contributed by atoms with Crippen molar-refractivity contribution in [2.75, 3.05) is 0 Å². The first-order valence-electron chi connectivity index (χ1n) is 7.65. The quantitative estimate of drug-likeness (QED) is 0.780. The molecule has 0 radical (unpaired) electrons. The SMILES string of the molecule is Cc1cccc(C(=O)N[C@H](C(=O)OCc2ccc(Cl)s2)C(C)C)c1. The van der Waals surface area contributed by atoms with E-state index in [-0.39, 0.29) is 18.4 Å². The average Bonchev–Trinajstić information content (AvgIpc) is 2.95. The predicted octanol–water partition coefficient (Wildman–Crippen LogP) is 4.21. The zero-order valence-corrected chi connectivity index (χ0v) is 15.4. The van der Waals surface area contributed by atoms with E-state index >= 15 is 0 Å². The molecule has 2 aromatic rings. The van der Waals surface area contributed by atoms with Crippen LogP contribution < -0.4 is 5.32 Å². The van der Waals surface area contributed by atoms with Gasteiger partial charge in [0.1, 0.15) is 12.6 Å². The molecule has 2 rings (SSSR count). The second-order valence-electron chi connectivity index (χ2n) is 5.88. The first-order valence-corrected chi connectivity index (χ1v) is 8.84. The molecule has 0 aliphatic carbocycles. The number of carbonyl (C=O) groups excluding carboxylic acids is 2. The number of nitrogens with one attached hydrogen (secondary N) is 1. The summed E-state index contributed by atoms with van der Waals surface area (Å²) in [6.45, 7) is 5.80. The van der Waals surface area contributed by atoms with E-state index in [0.29, 0.717) is 9.90 Å². The Labute approximate surface area is 150 Å². The number of thiophene rings is 1. The van der Waals surface area contributed by atoms with E-state index in [4.69, 9.17) is 16.3 Å². The van der Waals surface area contributed by atoms with Crippen LogP contribution in [0.25, 0.3) is 0 Å². The first kappa shape index (κ1) is 18.5.